The van der Waals surface area contributed by atoms with Crippen LogP contribution in [0.5, 0.6) is 0 Å². The number of carbonyl (C=O) groups excluding carboxylic acids is 2. The molecule has 0 fully saturated rings. The van der Waals surface area contributed by atoms with E-state index in [0.29, 0.717) is 5.56 Å². The van der Waals surface area contributed by atoms with Crippen LogP contribution < -0.4 is 10.2 Å². The summed E-state index contributed by atoms with van der Waals surface area (Å²) in [6.45, 7) is 3.58. The van der Waals surface area contributed by atoms with Gasteiger partial charge in [-0.2, -0.15) is 0 Å². The van der Waals surface area contributed by atoms with Gasteiger partial charge in [0.25, 0.3) is 5.91 Å². The standard InChI is InChI=1S/C18H18F2N2O2/c1-12-3-5-14(6-4-12)18(24)21-9-10-22(13(2)23)15-7-8-16(19)17(20)11-15/h3-8,11H,9-10H2,1-2H3,(H,21,24). The lowest BCUT2D eigenvalue weighted by atomic mass is 10.1. The lowest BCUT2D eigenvalue weighted by Crippen LogP contribution is -2.37. The van der Waals surface area contributed by atoms with E-state index in [1.807, 2.05) is 19.1 Å². The Morgan fingerprint density at radius 2 is 1.71 bits per heavy atom. The maximum Gasteiger partial charge on any atom is 0.251 e. The van der Waals surface area contributed by atoms with Crippen molar-refractivity contribution in [2.45, 2.75) is 13.8 Å². The molecular weight excluding hydrogens is 314 g/mol. The Balaban J connectivity index is 1.99. The first-order valence-corrected chi connectivity index (χ1v) is 7.46. The van der Waals surface area contributed by atoms with Gasteiger partial charge in [0.05, 0.1) is 0 Å². The molecule has 0 aliphatic carbocycles. The van der Waals surface area contributed by atoms with Crippen molar-refractivity contribution in [3.05, 3.63) is 65.2 Å². The highest BCUT2D eigenvalue weighted by molar-refractivity contribution is 5.94. The van der Waals surface area contributed by atoms with Gasteiger partial charge in [-0.3, -0.25) is 9.59 Å². The van der Waals surface area contributed by atoms with Crippen LogP contribution in [0.3, 0.4) is 0 Å². The summed E-state index contributed by atoms with van der Waals surface area (Å²) < 4.78 is 26.3. The quantitative estimate of drug-likeness (QED) is 0.915. The number of benzene rings is 2. The van der Waals surface area contributed by atoms with Crippen LogP contribution in [0, 0.1) is 18.6 Å². The van der Waals surface area contributed by atoms with E-state index < -0.39 is 11.6 Å². The highest BCUT2D eigenvalue weighted by atomic mass is 19.2. The fraction of sp³-hybridized carbons (Fsp3) is 0.222. The lowest BCUT2D eigenvalue weighted by molar-refractivity contribution is -0.116. The summed E-state index contributed by atoms with van der Waals surface area (Å²) in [5.41, 5.74) is 1.81. The number of nitrogens with zero attached hydrogens (tertiary/aromatic N) is 1. The Bertz CT molecular complexity index is 745. The van der Waals surface area contributed by atoms with Crippen molar-refractivity contribution < 1.29 is 18.4 Å². The van der Waals surface area contributed by atoms with Gasteiger partial charge in [0.2, 0.25) is 5.91 Å². The van der Waals surface area contributed by atoms with Crippen LogP contribution in [0.4, 0.5) is 14.5 Å². The van der Waals surface area contributed by atoms with Crippen molar-refractivity contribution in [2.75, 3.05) is 18.0 Å². The van der Waals surface area contributed by atoms with E-state index in [1.54, 1.807) is 12.1 Å². The van der Waals surface area contributed by atoms with Crippen molar-refractivity contribution in [1.29, 1.82) is 0 Å². The Kier molecular flexibility index (Phi) is 5.63. The molecule has 0 aromatic heterocycles. The third-order valence-electron chi connectivity index (χ3n) is 3.53. The molecule has 0 heterocycles. The van der Waals surface area contributed by atoms with E-state index in [0.717, 1.165) is 17.7 Å². The number of nitrogens with one attached hydrogen (secondary N) is 1. The molecule has 0 bridgehead atoms. The summed E-state index contributed by atoms with van der Waals surface area (Å²) in [6, 6.07) is 10.3. The molecule has 0 radical (unpaired) electrons. The fourth-order valence-electron chi connectivity index (χ4n) is 2.21. The van der Waals surface area contributed by atoms with E-state index in [2.05, 4.69) is 5.32 Å². The molecule has 0 saturated heterocycles. The minimum atomic E-state index is -1.03. The van der Waals surface area contributed by atoms with Crippen LogP contribution in [0.1, 0.15) is 22.8 Å². The van der Waals surface area contributed by atoms with Gasteiger partial charge in [0.15, 0.2) is 11.6 Å². The van der Waals surface area contributed by atoms with E-state index in [9.17, 15) is 18.4 Å². The summed E-state index contributed by atoms with van der Waals surface area (Å²) in [6.07, 6.45) is 0. The molecule has 2 aromatic rings. The van der Waals surface area contributed by atoms with Crippen LogP contribution >= 0.6 is 0 Å². The molecule has 0 saturated carbocycles. The number of aryl methyl sites for hydroxylation is 1. The molecule has 0 unspecified atom stereocenters. The average Bonchev–Trinajstić information content (AvgIpc) is 2.54. The third-order valence-corrected chi connectivity index (χ3v) is 3.53. The Morgan fingerprint density at radius 1 is 1.04 bits per heavy atom. The first-order valence-electron chi connectivity index (χ1n) is 7.46. The number of rotatable bonds is 5. The number of hydrogen-bond acceptors (Lipinski definition) is 2. The van der Waals surface area contributed by atoms with Crippen LogP contribution in [0.2, 0.25) is 0 Å². The zero-order valence-electron chi connectivity index (χ0n) is 13.5. The minimum Gasteiger partial charge on any atom is -0.350 e. The SMILES string of the molecule is CC(=O)N(CCNC(=O)c1ccc(C)cc1)c1ccc(F)c(F)c1. The number of carbonyl (C=O) groups is 2. The maximum absolute atomic E-state index is 13.3. The van der Waals surface area contributed by atoms with E-state index in [4.69, 9.17) is 0 Å². The zero-order chi connectivity index (χ0) is 17.7. The van der Waals surface area contributed by atoms with Gasteiger partial charge in [-0.25, -0.2) is 8.78 Å². The summed E-state index contributed by atoms with van der Waals surface area (Å²) >= 11 is 0. The summed E-state index contributed by atoms with van der Waals surface area (Å²) in [5.74, 6) is -2.59. The second-order valence-corrected chi connectivity index (χ2v) is 5.39. The van der Waals surface area contributed by atoms with Crippen molar-refractivity contribution in [2.24, 2.45) is 0 Å². The fourth-order valence-corrected chi connectivity index (χ4v) is 2.21. The Hall–Kier alpha value is -2.76. The first-order chi connectivity index (χ1) is 11.4. The van der Waals surface area contributed by atoms with Crippen molar-refractivity contribution in [1.82, 2.24) is 5.32 Å². The zero-order valence-corrected chi connectivity index (χ0v) is 13.5. The second kappa shape index (κ2) is 7.68. The molecule has 24 heavy (non-hydrogen) atoms. The molecule has 0 aliphatic rings. The van der Waals surface area contributed by atoms with E-state index in [-0.39, 0.29) is 30.6 Å². The van der Waals surface area contributed by atoms with Gasteiger partial charge in [-0.15, -0.1) is 0 Å². The highest BCUT2D eigenvalue weighted by Crippen LogP contribution is 2.18. The van der Waals surface area contributed by atoms with Gasteiger partial charge in [0.1, 0.15) is 0 Å². The van der Waals surface area contributed by atoms with Gasteiger partial charge < -0.3 is 10.2 Å². The predicted octanol–water partition coefficient (Wildman–Crippen LogP) is 3.06. The minimum absolute atomic E-state index is 0.151. The van der Waals surface area contributed by atoms with Gasteiger partial charge >= 0.3 is 0 Å². The van der Waals surface area contributed by atoms with Gasteiger partial charge in [-0.1, -0.05) is 17.7 Å². The highest BCUT2D eigenvalue weighted by Gasteiger charge is 2.14. The van der Waals surface area contributed by atoms with Gasteiger partial charge in [0, 0.05) is 37.3 Å². The predicted molar refractivity (Wildman–Crippen MR) is 87.9 cm³/mol. The molecule has 1 N–H and O–H groups in total. The monoisotopic (exact) mass is 332 g/mol. The van der Waals surface area contributed by atoms with Crippen LogP contribution in [-0.4, -0.2) is 24.9 Å². The van der Waals surface area contributed by atoms with Gasteiger partial charge in [-0.05, 0) is 31.2 Å². The van der Waals surface area contributed by atoms with Crippen LogP contribution in [0.25, 0.3) is 0 Å². The van der Waals surface area contributed by atoms with Crippen molar-refractivity contribution >= 4 is 17.5 Å². The van der Waals surface area contributed by atoms with E-state index in [1.165, 1.54) is 17.9 Å². The van der Waals surface area contributed by atoms with Crippen molar-refractivity contribution in [3.8, 4) is 0 Å². The molecular formula is C18H18F2N2O2. The normalized spacial score (nSPS) is 10.3. The average molecular weight is 332 g/mol. The molecule has 0 spiro atoms. The third kappa shape index (κ3) is 4.38. The Morgan fingerprint density at radius 3 is 2.29 bits per heavy atom. The molecule has 2 aromatic carbocycles. The number of amides is 2. The van der Waals surface area contributed by atoms with Crippen LogP contribution in [0.15, 0.2) is 42.5 Å². The summed E-state index contributed by atoms with van der Waals surface area (Å²) in [4.78, 5) is 25.0. The number of anilines is 1. The lowest BCUT2D eigenvalue weighted by Gasteiger charge is -2.21. The molecule has 2 amide bonds. The smallest absolute Gasteiger partial charge is 0.251 e. The van der Waals surface area contributed by atoms with Crippen LogP contribution in [-0.2, 0) is 4.79 Å². The maximum atomic E-state index is 13.3. The molecule has 0 aliphatic heterocycles. The molecule has 4 nitrogen and oxygen atoms in total. The topological polar surface area (TPSA) is 49.4 Å². The Labute approximate surface area is 139 Å². The number of halogens is 2. The molecule has 126 valence electrons. The largest absolute Gasteiger partial charge is 0.350 e. The summed E-state index contributed by atoms with van der Waals surface area (Å²) in [7, 11) is 0. The first kappa shape index (κ1) is 17.6. The molecule has 6 heteroatoms. The second-order valence-electron chi connectivity index (χ2n) is 5.39. The van der Waals surface area contributed by atoms with Crippen molar-refractivity contribution in [3.63, 3.8) is 0 Å². The summed E-state index contributed by atoms with van der Waals surface area (Å²) in [5, 5.41) is 2.70. The molecule has 2 rings (SSSR count). The molecule has 0 atom stereocenters. The number of hydrogen-bond donors (Lipinski definition) is 1. The van der Waals surface area contributed by atoms with E-state index >= 15 is 0 Å².